The molecule has 1 aromatic heterocycles. The molecule has 2 atom stereocenters. The Hall–Kier alpha value is -1.32. The molecule has 0 radical (unpaired) electrons. The van der Waals surface area contributed by atoms with E-state index in [9.17, 15) is 4.79 Å². The molecule has 1 heterocycles. The van der Waals surface area contributed by atoms with Crippen LogP contribution in [-0.4, -0.2) is 18.1 Å². The fraction of sp³-hybridized carbons (Fsp3) is 0.733. The van der Waals surface area contributed by atoms with Crippen LogP contribution in [0.4, 0.5) is 0 Å². The number of hydrogen-bond donors (Lipinski definition) is 0. The highest BCUT2D eigenvalue weighted by Crippen LogP contribution is 2.63. The van der Waals surface area contributed by atoms with Crippen molar-refractivity contribution in [1.29, 1.82) is 0 Å². The van der Waals surface area contributed by atoms with Gasteiger partial charge in [-0.15, -0.1) is 0 Å². The third kappa shape index (κ3) is 1.97. The second-order valence-corrected chi connectivity index (χ2v) is 6.76. The van der Waals surface area contributed by atoms with E-state index >= 15 is 0 Å². The Morgan fingerprint density at radius 1 is 1.32 bits per heavy atom. The van der Waals surface area contributed by atoms with Gasteiger partial charge in [-0.05, 0) is 24.7 Å². The lowest BCUT2D eigenvalue weighted by Gasteiger charge is -2.15. The van der Waals surface area contributed by atoms with Crippen LogP contribution in [0.2, 0.25) is 0 Å². The Morgan fingerprint density at radius 2 is 1.95 bits per heavy atom. The van der Waals surface area contributed by atoms with Crippen LogP contribution in [0.5, 0.6) is 0 Å². The molecule has 2 unspecified atom stereocenters. The number of methoxy groups -OCH3 is 1. The average Bonchev–Trinajstić information content (AvgIpc) is 2.78. The van der Waals surface area contributed by atoms with E-state index in [2.05, 4.69) is 4.98 Å². The van der Waals surface area contributed by atoms with E-state index in [1.807, 2.05) is 20.8 Å². The molecule has 104 valence electrons. The van der Waals surface area contributed by atoms with Gasteiger partial charge in [-0.3, -0.25) is 0 Å². The molecule has 2 saturated carbocycles. The van der Waals surface area contributed by atoms with E-state index in [1.165, 1.54) is 26.4 Å². The maximum absolute atomic E-state index is 11.8. The minimum absolute atomic E-state index is 0.213. The highest BCUT2D eigenvalue weighted by Gasteiger charge is 2.56. The van der Waals surface area contributed by atoms with E-state index < -0.39 is 5.97 Å². The van der Waals surface area contributed by atoms with Gasteiger partial charge in [0.05, 0.1) is 12.8 Å². The van der Waals surface area contributed by atoms with Crippen LogP contribution in [0.3, 0.4) is 0 Å². The summed E-state index contributed by atoms with van der Waals surface area (Å²) in [4.78, 5) is 16.5. The lowest BCUT2D eigenvalue weighted by molar-refractivity contribution is 0.0559. The van der Waals surface area contributed by atoms with Crippen molar-refractivity contribution in [3.63, 3.8) is 0 Å². The predicted molar refractivity (Wildman–Crippen MR) is 70.1 cm³/mol. The number of ether oxygens (including phenoxy) is 1. The number of carbonyl (C=O) groups is 1. The zero-order chi connectivity index (χ0) is 13.8. The zero-order valence-electron chi connectivity index (χ0n) is 12.0. The van der Waals surface area contributed by atoms with Gasteiger partial charge >= 0.3 is 5.97 Å². The van der Waals surface area contributed by atoms with Crippen molar-refractivity contribution in [2.45, 2.75) is 51.4 Å². The molecule has 0 saturated heterocycles. The van der Waals surface area contributed by atoms with E-state index in [1.54, 1.807) is 0 Å². The maximum Gasteiger partial charge on any atom is 0.376 e. The van der Waals surface area contributed by atoms with Crippen molar-refractivity contribution in [3.05, 3.63) is 17.3 Å². The van der Waals surface area contributed by atoms with E-state index in [0.29, 0.717) is 5.92 Å². The van der Waals surface area contributed by atoms with Gasteiger partial charge in [0, 0.05) is 11.3 Å². The summed E-state index contributed by atoms with van der Waals surface area (Å²) in [5, 5.41) is 0. The third-order valence-electron chi connectivity index (χ3n) is 4.42. The number of aromatic nitrogens is 1. The minimum Gasteiger partial charge on any atom is -0.463 e. The molecule has 2 fully saturated rings. The first-order valence-electron chi connectivity index (χ1n) is 7.03. The van der Waals surface area contributed by atoms with Gasteiger partial charge in [-0.25, -0.2) is 9.78 Å². The van der Waals surface area contributed by atoms with Crippen LogP contribution in [0, 0.1) is 11.8 Å². The molecule has 0 N–H and O–H groups in total. The lowest BCUT2D eigenvalue weighted by Crippen LogP contribution is -2.17. The fourth-order valence-corrected chi connectivity index (χ4v) is 3.41. The average molecular weight is 263 g/mol. The van der Waals surface area contributed by atoms with Crippen LogP contribution in [0.15, 0.2) is 4.42 Å². The lowest BCUT2D eigenvalue weighted by atomic mass is 9.91. The molecule has 19 heavy (non-hydrogen) atoms. The largest absolute Gasteiger partial charge is 0.463 e. The van der Waals surface area contributed by atoms with Crippen molar-refractivity contribution >= 4 is 5.97 Å². The molecule has 0 bridgehead atoms. The summed E-state index contributed by atoms with van der Waals surface area (Å²) in [7, 11) is 1.38. The van der Waals surface area contributed by atoms with Gasteiger partial charge in [0.1, 0.15) is 0 Å². The molecule has 4 nitrogen and oxygen atoms in total. The van der Waals surface area contributed by atoms with Gasteiger partial charge in [0.2, 0.25) is 5.76 Å². The van der Waals surface area contributed by atoms with E-state index in [-0.39, 0.29) is 11.2 Å². The second kappa shape index (κ2) is 4.09. The normalized spacial score (nSPS) is 29.2. The third-order valence-corrected chi connectivity index (χ3v) is 4.42. The zero-order valence-corrected chi connectivity index (χ0v) is 12.0. The molecule has 0 amide bonds. The molecule has 4 heteroatoms. The molecule has 3 rings (SSSR count). The molecule has 2 aliphatic rings. The molecule has 1 aromatic rings. The van der Waals surface area contributed by atoms with Crippen LogP contribution >= 0.6 is 0 Å². The number of esters is 1. The van der Waals surface area contributed by atoms with Gasteiger partial charge in [0.15, 0.2) is 5.89 Å². The summed E-state index contributed by atoms with van der Waals surface area (Å²) < 4.78 is 10.6. The van der Waals surface area contributed by atoms with E-state index in [0.717, 1.165) is 23.4 Å². The summed E-state index contributed by atoms with van der Waals surface area (Å²) in [6.07, 6.45) is 3.87. The number of fused-ring (bicyclic) bond motifs is 1. The molecule has 0 aromatic carbocycles. The van der Waals surface area contributed by atoms with Crippen LogP contribution in [0.1, 0.15) is 68.1 Å². The van der Waals surface area contributed by atoms with Gasteiger partial charge in [-0.1, -0.05) is 27.2 Å². The van der Waals surface area contributed by atoms with Crippen molar-refractivity contribution in [1.82, 2.24) is 4.98 Å². The molecular formula is C15H21NO3. The van der Waals surface area contributed by atoms with E-state index in [4.69, 9.17) is 9.15 Å². The van der Waals surface area contributed by atoms with Gasteiger partial charge < -0.3 is 9.15 Å². The van der Waals surface area contributed by atoms with Crippen LogP contribution < -0.4 is 0 Å². The number of hydrogen-bond acceptors (Lipinski definition) is 4. The van der Waals surface area contributed by atoms with Crippen molar-refractivity contribution < 1.29 is 13.9 Å². The predicted octanol–water partition coefficient (Wildman–Crippen LogP) is 3.27. The molecular weight excluding hydrogens is 242 g/mol. The first-order valence-corrected chi connectivity index (χ1v) is 7.03. The summed E-state index contributed by atoms with van der Waals surface area (Å²) >= 11 is 0. The first-order chi connectivity index (χ1) is 8.93. The van der Waals surface area contributed by atoms with Crippen molar-refractivity contribution in [2.75, 3.05) is 7.11 Å². The van der Waals surface area contributed by atoms with Gasteiger partial charge in [0.25, 0.3) is 0 Å². The Balaban J connectivity index is 1.95. The first kappa shape index (κ1) is 12.7. The van der Waals surface area contributed by atoms with Crippen molar-refractivity contribution in [3.8, 4) is 0 Å². The summed E-state index contributed by atoms with van der Waals surface area (Å²) in [6, 6.07) is 0. The Kier molecular flexibility index (Phi) is 2.73. The highest BCUT2D eigenvalue weighted by atomic mass is 16.5. The number of rotatable bonds is 2. The number of carbonyl (C=O) groups excluding carboxylic acids is 1. The Labute approximate surface area is 113 Å². The Bertz CT molecular complexity index is 502. The summed E-state index contributed by atoms with van der Waals surface area (Å²) in [5.41, 5.74) is 0.509. The van der Waals surface area contributed by atoms with Gasteiger partial charge in [-0.2, -0.15) is 0 Å². The quantitative estimate of drug-likeness (QED) is 0.768. The monoisotopic (exact) mass is 263 g/mol. The van der Waals surface area contributed by atoms with Crippen molar-refractivity contribution in [2.24, 2.45) is 11.8 Å². The minimum atomic E-state index is -0.422. The fourth-order valence-electron chi connectivity index (χ4n) is 3.41. The number of nitrogens with zero attached hydrogens (tertiary/aromatic N) is 1. The Morgan fingerprint density at radius 3 is 2.47 bits per heavy atom. The standard InChI is InChI=1S/C15H21NO3/c1-15(2,3)12-11(14(17)18-4)19-13(16-12)10-8-6-5-7-9(8)10/h8-10H,5-7H2,1-4H3. The number of oxazole rings is 1. The maximum atomic E-state index is 11.8. The summed E-state index contributed by atoms with van der Waals surface area (Å²) in [5.74, 6) is 2.52. The second-order valence-electron chi connectivity index (χ2n) is 6.76. The highest BCUT2D eigenvalue weighted by molar-refractivity contribution is 5.87. The topological polar surface area (TPSA) is 52.3 Å². The smallest absolute Gasteiger partial charge is 0.376 e. The molecule has 0 aliphatic heterocycles. The molecule has 2 aliphatic carbocycles. The summed E-state index contributed by atoms with van der Waals surface area (Å²) in [6.45, 7) is 6.11. The van der Waals surface area contributed by atoms with Crippen LogP contribution in [0.25, 0.3) is 0 Å². The molecule has 0 spiro atoms. The van der Waals surface area contributed by atoms with Crippen LogP contribution in [-0.2, 0) is 10.2 Å². The SMILES string of the molecule is COC(=O)c1oc(C2C3CCCC32)nc1C(C)(C)C.